The summed E-state index contributed by atoms with van der Waals surface area (Å²) in [5.41, 5.74) is 0.0830. The maximum Gasteiger partial charge on any atom is 0.391 e. The highest BCUT2D eigenvalue weighted by atomic mass is 19.4. The van der Waals surface area contributed by atoms with E-state index in [4.69, 9.17) is 4.74 Å². The van der Waals surface area contributed by atoms with Gasteiger partial charge < -0.3 is 15.4 Å². The lowest BCUT2D eigenvalue weighted by atomic mass is 9.78. The second-order valence-electron chi connectivity index (χ2n) is 8.75. The van der Waals surface area contributed by atoms with Gasteiger partial charge in [-0.15, -0.1) is 0 Å². The molecule has 0 aromatic carbocycles. The first-order chi connectivity index (χ1) is 12.1. The summed E-state index contributed by atoms with van der Waals surface area (Å²) in [5.74, 6) is -0.0654. The van der Waals surface area contributed by atoms with Crippen LogP contribution in [0.4, 0.5) is 13.2 Å². The smallest absolute Gasteiger partial charge is 0.377 e. The van der Waals surface area contributed by atoms with Gasteiger partial charge in [0.15, 0.2) is 5.96 Å². The van der Waals surface area contributed by atoms with Gasteiger partial charge in [0.1, 0.15) is 0 Å². The molecule has 2 fully saturated rings. The molecule has 0 amide bonds. The number of nitrogens with one attached hydrogen (secondary N) is 2. The molecule has 0 aromatic heterocycles. The third-order valence-electron chi connectivity index (χ3n) is 5.58. The highest BCUT2D eigenvalue weighted by Crippen LogP contribution is 2.37. The summed E-state index contributed by atoms with van der Waals surface area (Å²) in [6.45, 7) is 8.17. The van der Waals surface area contributed by atoms with Crippen LogP contribution in [0.5, 0.6) is 0 Å². The summed E-state index contributed by atoms with van der Waals surface area (Å²) in [4.78, 5) is 4.25. The Bertz CT molecular complexity index is 466. The Morgan fingerprint density at radius 3 is 2.27 bits per heavy atom. The van der Waals surface area contributed by atoms with E-state index in [0.717, 1.165) is 26.0 Å². The maximum atomic E-state index is 12.8. The predicted octanol–water partition coefficient (Wildman–Crippen LogP) is 4.11. The molecule has 2 unspecified atom stereocenters. The minimum absolute atomic E-state index is 0.0563. The first-order valence-electron chi connectivity index (χ1n) is 9.76. The quantitative estimate of drug-likeness (QED) is 0.575. The molecule has 1 aliphatic carbocycles. The molecule has 2 rings (SSSR count). The van der Waals surface area contributed by atoms with Gasteiger partial charge in [0.05, 0.1) is 12.0 Å². The van der Waals surface area contributed by atoms with Gasteiger partial charge in [0, 0.05) is 32.2 Å². The van der Waals surface area contributed by atoms with Crippen molar-refractivity contribution in [1.82, 2.24) is 10.6 Å². The van der Waals surface area contributed by atoms with Crippen molar-refractivity contribution in [3.63, 3.8) is 0 Å². The van der Waals surface area contributed by atoms with Crippen LogP contribution in [-0.2, 0) is 4.74 Å². The van der Waals surface area contributed by atoms with E-state index < -0.39 is 12.1 Å². The molecule has 0 aromatic rings. The lowest BCUT2D eigenvalue weighted by Gasteiger charge is -2.40. The Balaban J connectivity index is 1.81. The molecule has 7 heteroatoms. The summed E-state index contributed by atoms with van der Waals surface area (Å²) >= 11 is 0. The second kappa shape index (κ2) is 8.81. The van der Waals surface area contributed by atoms with Crippen molar-refractivity contribution in [2.45, 2.75) is 77.6 Å². The van der Waals surface area contributed by atoms with Crippen molar-refractivity contribution < 1.29 is 17.9 Å². The average molecular weight is 377 g/mol. The van der Waals surface area contributed by atoms with Crippen LogP contribution in [0, 0.1) is 17.3 Å². The number of nitrogens with zero attached hydrogens (tertiary/aromatic N) is 1. The molecular weight excluding hydrogens is 343 g/mol. The van der Waals surface area contributed by atoms with E-state index in [9.17, 15) is 13.2 Å². The second-order valence-corrected chi connectivity index (χ2v) is 8.75. The normalized spacial score (nSPS) is 31.6. The fourth-order valence-electron chi connectivity index (χ4n) is 4.19. The van der Waals surface area contributed by atoms with Crippen LogP contribution >= 0.6 is 0 Å². The number of halogens is 3. The number of hydrogen-bond acceptors (Lipinski definition) is 2. The molecule has 0 spiro atoms. The van der Waals surface area contributed by atoms with Crippen molar-refractivity contribution in [3.8, 4) is 0 Å². The van der Waals surface area contributed by atoms with Crippen molar-refractivity contribution in [1.29, 1.82) is 0 Å². The van der Waals surface area contributed by atoms with E-state index in [2.05, 4.69) is 36.4 Å². The third-order valence-corrected chi connectivity index (χ3v) is 5.58. The Labute approximate surface area is 155 Å². The van der Waals surface area contributed by atoms with Crippen LogP contribution in [0.3, 0.4) is 0 Å². The molecule has 2 N–H and O–H groups in total. The van der Waals surface area contributed by atoms with Gasteiger partial charge in [0.2, 0.25) is 0 Å². The largest absolute Gasteiger partial charge is 0.391 e. The molecule has 152 valence electrons. The van der Waals surface area contributed by atoms with E-state index in [1.165, 1.54) is 0 Å². The molecule has 2 aliphatic rings. The number of rotatable bonds is 3. The van der Waals surface area contributed by atoms with Crippen LogP contribution < -0.4 is 10.6 Å². The molecule has 0 bridgehead atoms. The molecular formula is C19H34F3N3O. The highest BCUT2D eigenvalue weighted by molar-refractivity contribution is 5.79. The van der Waals surface area contributed by atoms with Crippen molar-refractivity contribution in [2.24, 2.45) is 22.2 Å². The van der Waals surface area contributed by atoms with Crippen LogP contribution in [0.15, 0.2) is 4.99 Å². The monoisotopic (exact) mass is 377 g/mol. The maximum absolute atomic E-state index is 12.8. The Hall–Kier alpha value is -0.980. The van der Waals surface area contributed by atoms with E-state index >= 15 is 0 Å². The minimum atomic E-state index is -4.06. The van der Waals surface area contributed by atoms with Crippen molar-refractivity contribution >= 4 is 5.96 Å². The fraction of sp³-hybridized carbons (Fsp3) is 0.947. The fourth-order valence-corrected chi connectivity index (χ4v) is 4.19. The molecule has 1 saturated heterocycles. The van der Waals surface area contributed by atoms with Gasteiger partial charge in [-0.1, -0.05) is 20.8 Å². The molecule has 2 atom stereocenters. The summed E-state index contributed by atoms with van der Waals surface area (Å²) in [7, 11) is 1.70. The molecule has 26 heavy (non-hydrogen) atoms. The lowest BCUT2D eigenvalue weighted by Crippen LogP contribution is -2.50. The Kier molecular flexibility index (Phi) is 7.22. The lowest BCUT2D eigenvalue weighted by molar-refractivity contribution is -0.182. The van der Waals surface area contributed by atoms with E-state index in [1.807, 2.05) is 0 Å². The predicted molar refractivity (Wildman–Crippen MR) is 98.2 cm³/mol. The van der Waals surface area contributed by atoms with E-state index in [1.54, 1.807) is 7.05 Å². The zero-order valence-corrected chi connectivity index (χ0v) is 16.5. The molecule has 1 aliphatic heterocycles. The van der Waals surface area contributed by atoms with Gasteiger partial charge >= 0.3 is 6.18 Å². The molecule has 4 nitrogen and oxygen atoms in total. The average Bonchev–Trinajstić information content (AvgIpc) is 2.57. The summed E-state index contributed by atoms with van der Waals surface area (Å²) in [6, 6.07) is 0.0563. The third kappa shape index (κ3) is 6.03. The first-order valence-corrected chi connectivity index (χ1v) is 9.76. The minimum Gasteiger partial charge on any atom is -0.377 e. The summed E-state index contributed by atoms with van der Waals surface area (Å²) in [5, 5.41) is 6.67. The van der Waals surface area contributed by atoms with Gasteiger partial charge in [-0.2, -0.15) is 13.2 Å². The van der Waals surface area contributed by atoms with Crippen LogP contribution in [0.2, 0.25) is 0 Å². The molecule has 0 radical (unpaired) electrons. The number of aliphatic imine (C=N–C) groups is 1. The number of guanidine groups is 1. The van der Waals surface area contributed by atoms with Crippen molar-refractivity contribution in [2.75, 3.05) is 20.2 Å². The van der Waals surface area contributed by atoms with E-state index in [-0.39, 0.29) is 30.4 Å². The van der Waals surface area contributed by atoms with E-state index in [0.29, 0.717) is 24.7 Å². The van der Waals surface area contributed by atoms with Crippen LogP contribution in [0.25, 0.3) is 0 Å². The molecule has 1 saturated carbocycles. The zero-order chi connectivity index (χ0) is 19.4. The Morgan fingerprint density at radius 1 is 1.08 bits per heavy atom. The zero-order valence-electron chi connectivity index (χ0n) is 16.5. The highest BCUT2D eigenvalue weighted by Gasteiger charge is 2.41. The summed E-state index contributed by atoms with van der Waals surface area (Å²) in [6.07, 6.45) is -0.238. The number of alkyl halides is 3. The van der Waals surface area contributed by atoms with Gasteiger partial charge in [-0.3, -0.25) is 4.99 Å². The number of hydrogen-bond donors (Lipinski definition) is 2. The topological polar surface area (TPSA) is 45.7 Å². The summed E-state index contributed by atoms with van der Waals surface area (Å²) < 4.78 is 44.4. The van der Waals surface area contributed by atoms with Crippen LogP contribution in [0.1, 0.15) is 59.3 Å². The first kappa shape index (κ1) is 21.3. The van der Waals surface area contributed by atoms with Crippen molar-refractivity contribution in [3.05, 3.63) is 0 Å². The van der Waals surface area contributed by atoms with Gasteiger partial charge in [0.25, 0.3) is 0 Å². The standard InChI is InChI=1S/C19H34F3N3O/c1-18(2,3)16-13(6-5-11-26-16)12-24-17(23-4)25-15-9-7-14(8-10-15)19(20,21)22/h13-16H,5-12H2,1-4H3,(H2,23,24,25). The Morgan fingerprint density at radius 2 is 1.73 bits per heavy atom. The van der Waals surface area contributed by atoms with Crippen LogP contribution in [-0.4, -0.2) is 44.5 Å². The SMILES string of the molecule is CN=C(NCC1CCCOC1C(C)(C)C)NC1CCC(C(F)(F)F)CC1. The van der Waals surface area contributed by atoms with Gasteiger partial charge in [-0.25, -0.2) is 0 Å². The van der Waals surface area contributed by atoms with Gasteiger partial charge in [-0.05, 0) is 43.9 Å². The number of ether oxygens (including phenoxy) is 1. The molecule has 1 heterocycles.